The highest BCUT2D eigenvalue weighted by Gasteiger charge is 2.25. The number of aliphatic hydroxyl groups excluding tert-OH is 1. The van der Waals surface area contributed by atoms with Crippen molar-refractivity contribution in [2.24, 2.45) is 0 Å². The summed E-state index contributed by atoms with van der Waals surface area (Å²) in [4.78, 5) is 6.78. The zero-order valence-electron chi connectivity index (χ0n) is 9.66. The predicted octanol–water partition coefficient (Wildman–Crippen LogP) is 1.08. The van der Waals surface area contributed by atoms with Crippen molar-refractivity contribution in [3.05, 3.63) is 24.5 Å². The number of anilines is 1. The van der Waals surface area contributed by atoms with Crippen molar-refractivity contribution in [1.82, 2.24) is 14.6 Å². The number of aliphatic hydroxyl groups is 1. The first-order valence-electron chi connectivity index (χ1n) is 6.06. The molecule has 17 heavy (non-hydrogen) atoms. The molecule has 3 rings (SSSR count). The van der Waals surface area contributed by atoms with Crippen LogP contribution in [-0.2, 0) is 0 Å². The molecule has 5 heteroatoms. The Hall–Kier alpha value is -1.62. The van der Waals surface area contributed by atoms with E-state index >= 15 is 0 Å². The van der Waals surface area contributed by atoms with Gasteiger partial charge in [0, 0.05) is 24.8 Å². The molecule has 0 unspecified atom stereocenters. The first kappa shape index (κ1) is 10.5. The number of aromatic nitrogens is 3. The largest absolute Gasteiger partial charge is 0.395 e. The monoisotopic (exact) mass is 232 g/mol. The van der Waals surface area contributed by atoms with Crippen molar-refractivity contribution >= 4 is 11.5 Å². The van der Waals surface area contributed by atoms with Gasteiger partial charge >= 0.3 is 0 Å². The third-order valence-corrected chi connectivity index (χ3v) is 3.39. The molecule has 0 saturated heterocycles. The van der Waals surface area contributed by atoms with Gasteiger partial charge in [-0.25, -0.2) is 9.50 Å². The van der Waals surface area contributed by atoms with Crippen LogP contribution in [0.25, 0.3) is 5.65 Å². The van der Waals surface area contributed by atoms with Crippen LogP contribution < -0.4 is 4.90 Å². The molecule has 0 atom stereocenters. The quantitative estimate of drug-likeness (QED) is 0.857. The van der Waals surface area contributed by atoms with Gasteiger partial charge in [0.05, 0.1) is 12.8 Å². The van der Waals surface area contributed by atoms with E-state index in [-0.39, 0.29) is 6.61 Å². The second kappa shape index (κ2) is 4.33. The fourth-order valence-electron chi connectivity index (χ4n) is 2.25. The molecule has 2 aromatic heterocycles. The number of rotatable bonds is 4. The topological polar surface area (TPSA) is 53.7 Å². The van der Waals surface area contributed by atoms with Crippen LogP contribution >= 0.6 is 0 Å². The van der Waals surface area contributed by atoms with E-state index in [0.29, 0.717) is 12.6 Å². The van der Waals surface area contributed by atoms with Crippen LogP contribution in [0.2, 0.25) is 0 Å². The van der Waals surface area contributed by atoms with Gasteiger partial charge in [-0.2, -0.15) is 5.10 Å². The molecule has 0 spiro atoms. The van der Waals surface area contributed by atoms with Gasteiger partial charge in [0.2, 0.25) is 0 Å². The third kappa shape index (κ3) is 1.86. The van der Waals surface area contributed by atoms with Crippen LogP contribution in [0.3, 0.4) is 0 Å². The minimum atomic E-state index is 0.169. The van der Waals surface area contributed by atoms with E-state index in [1.165, 1.54) is 19.3 Å². The van der Waals surface area contributed by atoms with Crippen LogP contribution in [0.1, 0.15) is 19.3 Å². The van der Waals surface area contributed by atoms with E-state index in [4.69, 9.17) is 5.11 Å². The molecule has 1 aliphatic rings. The summed E-state index contributed by atoms with van der Waals surface area (Å²) in [7, 11) is 0. The number of nitrogens with zero attached hydrogens (tertiary/aromatic N) is 4. The molecule has 2 heterocycles. The summed E-state index contributed by atoms with van der Waals surface area (Å²) in [5.41, 5.74) is 0.852. The second-order valence-corrected chi connectivity index (χ2v) is 4.42. The van der Waals surface area contributed by atoms with Gasteiger partial charge in [-0.3, -0.25) is 0 Å². The van der Waals surface area contributed by atoms with Crippen LogP contribution in [0.5, 0.6) is 0 Å². The fraction of sp³-hybridized carbons (Fsp3) is 0.500. The summed E-state index contributed by atoms with van der Waals surface area (Å²) >= 11 is 0. The van der Waals surface area contributed by atoms with Crippen molar-refractivity contribution in [3.8, 4) is 0 Å². The lowest BCUT2D eigenvalue weighted by Crippen LogP contribution is -2.42. The van der Waals surface area contributed by atoms with E-state index in [0.717, 1.165) is 11.5 Å². The van der Waals surface area contributed by atoms with Gasteiger partial charge in [0.1, 0.15) is 5.82 Å². The highest BCUT2D eigenvalue weighted by Crippen LogP contribution is 2.28. The average Bonchev–Trinajstić information content (AvgIpc) is 2.72. The number of hydrogen-bond donors (Lipinski definition) is 1. The molecule has 0 aliphatic heterocycles. The Kier molecular flexibility index (Phi) is 2.68. The molecular weight excluding hydrogens is 216 g/mol. The third-order valence-electron chi connectivity index (χ3n) is 3.39. The molecule has 0 aromatic carbocycles. The highest BCUT2D eigenvalue weighted by molar-refractivity contribution is 5.48. The molecule has 1 saturated carbocycles. The normalized spacial score (nSPS) is 16.1. The van der Waals surface area contributed by atoms with Gasteiger partial charge in [-0.1, -0.05) is 0 Å². The first-order valence-corrected chi connectivity index (χ1v) is 6.06. The average molecular weight is 232 g/mol. The summed E-state index contributed by atoms with van der Waals surface area (Å²) in [6.07, 6.45) is 7.34. The lowest BCUT2D eigenvalue weighted by Gasteiger charge is -2.38. The maximum Gasteiger partial charge on any atom is 0.157 e. The molecule has 90 valence electrons. The molecule has 2 aromatic rings. The lowest BCUT2D eigenvalue weighted by atomic mass is 9.91. The Morgan fingerprint density at radius 3 is 3.00 bits per heavy atom. The molecule has 1 aliphatic carbocycles. The summed E-state index contributed by atoms with van der Waals surface area (Å²) in [5.74, 6) is 0.941. The second-order valence-electron chi connectivity index (χ2n) is 4.42. The molecule has 0 radical (unpaired) electrons. The molecule has 0 bridgehead atoms. The summed E-state index contributed by atoms with van der Waals surface area (Å²) < 4.78 is 1.75. The van der Waals surface area contributed by atoms with Gasteiger partial charge < -0.3 is 10.0 Å². The first-order chi connectivity index (χ1) is 8.38. The lowest BCUT2D eigenvalue weighted by molar-refractivity contribution is 0.283. The maximum atomic E-state index is 9.15. The van der Waals surface area contributed by atoms with Crippen molar-refractivity contribution in [2.75, 3.05) is 18.1 Å². The van der Waals surface area contributed by atoms with Gasteiger partial charge in [0.15, 0.2) is 5.65 Å². The Morgan fingerprint density at radius 1 is 1.41 bits per heavy atom. The van der Waals surface area contributed by atoms with E-state index < -0.39 is 0 Å². The van der Waals surface area contributed by atoms with Crippen LogP contribution in [0.4, 0.5) is 5.82 Å². The van der Waals surface area contributed by atoms with Crippen LogP contribution in [0.15, 0.2) is 24.5 Å². The number of hydrogen-bond acceptors (Lipinski definition) is 4. The molecule has 0 amide bonds. The van der Waals surface area contributed by atoms with Gasteiger partial charge in [0.25, 0.3) is 0 Å². The summed E-state index contributed by atoms with van der Waals surface area (Å²) in [5, 5.41) is 13.3. The van der Waals surface area contributed by atoms with Crippen molar-refractivity contribution in [1.29, 1.82) is 0 Å². The zero-order chi connectivity index (χ0) is 11.7. The van der Waals surface area contributed by atoms with Crippen LogP contribution in [-0.4, -0.2) is 38.9 Å². The SMILES string of the molecule is OCCN(c1ccn2nccc2n1)C1CCC1. The van der Waals surface area contributed by atoms with Gasteiger partial charge in [-0.05, 0) is 25.3 Å². The number of fused-ring (bicyclic) bond motifs is 1. The van der Waals surface area contributed by atoms with E-state index in [1.807, 2.05) is 18.3 Å². The Balaban J connectivity index is 1.92. The summed E-state index contributed by atoms with van der Waals surface area (Å²) in [6.45, 7) is 0.824. The minimum absolute atomic E-state index is 0.169. The fourth-order valence-corrected chi connectivity index (χ4v) is 2.25. The van der Waals surface area contributed by atoms with Crippen molar-refractivity contribution in [3.63, 3.8) is 0 Å². The Labute approximate surface area is 99.7 Å². The maximum absolute atomic E-state index is 9.15. The Bertz CT molecular complexity index is 506. The zero-order valence-corrected chi connectivity index (χ0v) is 9.66. The minimum Gasteiger partial charge on any atom is -0.395 e. The van der Waals surface area contributed by atoms with E-state index in [9.17, 15) is 0 Å². The van der Waals surface area contributed by atoms with E-state index in [1.54, 1.807) is 10.7 Å². The van der Waals surface area contributed by atoms with Crippen molar-refractivity contribution < 1.29 is 5.11 Å². The smallest absolute Gasteiger partial charge is 0.157 e. The molecule has 5 nitrogen and oxygen atoms in total. The molecule has 1 N–H and O–H groups in total. The van der Waals surface area contributed by atoms with Crippen LogP contribution in [0, 0.1) is 0 Å². The molecule has 1 fully saturated rings. The Morgan fingerprint density at radius 2 is 2.29 bits per heavy atom. The van der Waals surface area contributed by atoms with Crippen molar-refractivity contribution in [2.45, 2.75) is 25.3 Å². The highest BCUT2D eigenvalue weighted by atomic mass is 16.3. The van der Waals surface area contributed by atoms with E-state index in [2.05, 4.69) is 15.0 Å². The van der Waals surface area contributed by atoms with Gasteiger partial charge in [-0.15, -0.1) is 0 Å². The standard InChI is InChI=1S/C12H16N4O/c17-9-8-15(10-2-1-3-10)11-5-7-16-12(14-11)4-6-13-16/h4-7,10,17H,1-3,8-9H2. The summed E-state index contributed by atoms with van der Waals surface area (Å²) in [6, 6.07) is 4.40. The molecular formula is C12H16N4O. The predicted molar refractivity (Wildman–Crippen MR) is 65.1 cm³/mol.